The molecule has 3 aliphatic rings. The molecular formula is C33H42F3N7O3. The van der Waals surface area contributed by atoms with Crippen LogP contribution in [-0.4, -0.2) is 64.7 Å². The van der Waals surface area contributed by atoms with Crippen LogP contribution in [0.5, 0.6) is 0 Å². The van der Waals surface area contributed by atoms with Crippen LogP contribution in [0, 0.1) is 0 Å². The molecule has 6 rings (SSSR count). The number of anilines is 2. The first-order valence-corrected chi connectivity index (χ1v) is 16.0. The van der Waals surface area contributed by atoms with Crippen LogP contribution in [0.15, 0.2) is 30.6 Å². The molecule has 2 N–H and O–H groups in total. The van der Waals surface area contributed by atoms with E-state index >= 15 is 0 Å². The molecule has 3 heterocycles. The van der Waals surface area contributed by atoms with Crippen LogP contribution in [0.2, 0.25) is 0 Å². The molecule has 1 amide bonds. The first-order chi connectivity index (χ1) is 22.0. The number of methoxy groups -OCH3 is 1. The molecule has 10 nitrogen and oxygen atoms in total. The predicted octanol–water partition coefficient (Wildman–Crippen LogP) is 5.16. The Morgan fingerprint density at radius 3 is 2.46 bits per heavy atom. The number of hydrogen-bond donors (Lipinski definition) is 2. The molecule has 1 aromatic carbocycles. The minimum atomic E-state index is -4.60. The summed E-state index contributed by atoms with van der Waals surface area (Å²) >= 11 is 0. The van der Waals surface area contributed by atoms with Crippen LogP contribution in [0.25, 0.3) is 0 Å². The normalized spacial score (nSPS) is 18.3. The molecule has 1 aliphatic heterocycles. The number of aryl methyl sites for hydroxylation is 1. The molecule has 2 aliphatic carbocycles. The van der Waals surface area contributed by atoms with E-state index < -0.39 is 17.6 Å². The van der Waals surface area contributed by atoms with E-state index in [0.717, 1.165) is 49.9 Å². The number of rotatable bonds is 14. The molecule has 0 atom stereocenters. The van der Waals surface area contributed by atoms with E-state index in [0.29, 0.717) is 50.0 Å². The molecule has 0 unspecified atom stereocenters. The van der Waals surface area contributed by atoms with Crippen molar-refractivity contribution in [2.45, 2.75) is 82.1 Å². The predicted molar refractivity (Wildman–Crippen MR) is 167 cm³/mol. The lowest BCUT2D eigenvalue weighted by molar-refractivity contribution is -0.138. The maximum Gasteiger partial charge on any atom is 0.416 e. The highest BCUT2D eigenvalue weighted by molar-refractivity contribution is 6.10. The van der Waals surface area contributed by atoms with Gasteiger partial charge in [-0.3, -0.25) is 9.69 Å². The third kappa shape index (κ3) is 6.63. The summed E-state index contributed by atoms with van der Waals surface area (Å²) in [6.07, 6.45) is 3.62. The van der Waals surface area contributed by atoms with Crippen LogP contribution >= 0.6 is 0 Å². The quantitative estimate of drug-likeness (QED) is 0.233. The standard InChI is InChI=1S/C33H42F3N7O3/c1-31(6-4-7-31)38-19-22-14-24-25(26(15-22)33(34,35)36)20-43(30(24)44)28-17-23(16-27(40-28)37-10-11-46-13-12-45-3)32(8-5-9-32)18-29-41-39-21-42(29)2/h14-17,21,38H,4-13,18-20H2,1-3H3,(H,37,40). The topological polar surface area (TPSA) is 106 Å². The smallest absolute Gasteiger partial charge is 0.382 e. The summed E-state index contributed by atoms with van der Waals surface area (Å²) in [6.45, 7) is 3.94. The van der Waals surface area contributed by atoms with Gasteiger partial charge in [-0.15, -0.1) is 10.2 Å². The molecule has 13 heteroatoms. The molecule has 0 radical (unpaired) electrons. The van der Waals surface area contributed by atoms with Gasteiger partial charge in [0.1, 0.15) is 23.8 Å². The monoisotopic (exact) mass is 641 g/mol. The number of benzene rings is 1. The van der Waals surface area contributed by atoms with Crippen molar-refractivity contribution in [3.05, 3.63) is 64.2 Å². The van der Waals surface area contributed by atoms with Crippen molar-refractivity contribution in [3.63, 3.8) is 0 Å². The number of alkyl halides is 3. The molecule has 0 bridgehead atoms. The number of fused-ring (bicyclic) bond motifs is 1. The molecule has 0 saturated heterocycles. The highest BCUT2D eigenvalue weighted by Gasteiger charge is 2.43. The van der Waals surface area contributed by atoms with Gasteiger partial charge in [-0.05, 0) is 80.0 Å². The number of halogens is 3. The van der Waals surface area contributed by atoms with Gasteiger partial charge in [-0.1, -0.05) is 6.42 Å². The molecule has 2 aromatic heterocycles. The summed E-state index contributed by atoms with van der Waals surface area (Å²) in [5.41, 5.74) is 0.373. The lowest BCUT2D eigenvalue weighted by Crippen LogP contribution is -2.47. The minimum Gasteiger partial charge on any atom is -0.382 e. The number of hydrogen-bond acceptors (Lipinski definition) is 8. The van der Waals surface area contributed by atoms with Crippen molar-refractivity contribution in [1.82, 2.24) is 25.1 Å². The van der Waals surface area contributed by atoms with Crippen molar-refractivity contribution in [3.8, 4) is 0 Å². The first-order valence-electron chi connectivity index (χ1n) is 16.0. The molecule has 3 aromatic rings. The zero-order valence-electron chi connectivity index (χ0n) is 26.7. The Hall–Kier alpha value is -3.55. The fourth-order valence-corrected chi connectivity index (χ4v) is 6.70. The highest BCUT2D eigenvalue weighted by Crippen LogP contribution is 2.48. The van der Waals surface area contributed by atoms with Gasteiger partial charge in [-0.25, -0.2) is 4.98 Å². The lowest BCUT2D eigenvalue weighted by Gasteiger charge is -2.42. The molecule has 248 valence electrons. The summed E-state index contributed by atoms with van der Waals surface area (Å²) in [7, 11) is 3.52. The van der Waals surface area contributed by atoms with Gasteiger partial charge in [0.05, 0.1) is 31.9 Å². The minimum absolute atomic E-state index is 0.0122. The number of carbonyl (C=O) groups is 1. The third-order valence-electron chi connectivity index (χ3n) is 9.88. The molecule has 2 saturated carbocycles. The van der Waals surface area contributed by atoms with Gasteiger partial charge >= 0.3 is 6.18 Å². The van der Waals surface area contributed by atoms with Crippen molar-refractivity contribution in [2.24, 2.45) is 7.05 Å². The summed E-state index contributed by atoms with van der Waals surface area (Å²) in [6, 6.07) is 6.65. The van der Waals surface area contributed by atoms with E-state index in [1.54, 1.807) is 19.5 Å². The van der Waals surface area contributed by atoms with Crippen molar-refractivity contribution >= 4 is 17.5 Å². The number of amides is 1. The van der Waals surface area contributed by atoms with Crippen LogP contribution in [-0.2, 0) is 47.6 Å². The van der Waals surface area contributed by atoms with Crippen LogP contribution in [0.1, 0.15) is 83.9 Å². The van der Waals surface area contributed by atoms with Crippen molar-refractivity contribution in [1.29, 1.82) is 0 Å². The Morgan fingerprint density at radius 2 is 1.83 bits per heavy atom. The van der Waals surface area contributed by atoms with E-state index in [-0.39, 0.29) is 35.2 Å². The maximum atomic E-state index is 14.4. The van der Waals surface area contributed by atoms with Gasteiger partial charge < -0.3 is 24.7 Å². The second-order valence-electron chi connectivity index (χ2n) is 13.1. The Bertz CT molecular complexity index is 1570. The number of ether oxygens (including phenoxy) is 2. The second kappa shape index (κ2) is 12.9. The fraction of sp³-hybridized carbons (Fsp3) is 0.576. The van der Waals surface area contributed by atoms with Crippen LogP contribution < -0.4 is 15.5 Å². The highest BCUT2D eigenvalue weighted by atomic mass is 19.4. The summed E-state index contributed by atoms with van der Waals surface area (Å²) in [5.74, 6) is 1.22. The van der Waals surface area contributed by atoms with Crippen LogP contribution in [0.4, 0.5) is 24.8 Å². The SMILES string of the molecule is COCCOCCNc1cc(C2(Cc3nncn3C)CCC2)cc(N2Cc3c(cc(CNC4(C)CCC4)cc3C(F)(F)F)C2=O)n1. The average molecular weight is 642 g/mol. The first kappa shape index (κ1) is 32.4. The molecule has 0 spiro atoms. The van der Waals surface area contributed by atoms with E-state index in [2.05, 4.69) is 27.8 Å². The van der Waals surface area contributed by atoms with Gasteiger partial charge in [0.2, 0.25) is 0 Å². The Labute approximate surface area is 267 Å². The van der Waals surface area contributed by atoms with Gasteiger partial charge in [0, 0.05) is 50.2 Å². The third-order valence-corrected chi connectivity index (χ3v) is 9.88. The van der Waals surface area contributed by atoms with E-state index in [4.69, 9.17) is 14.5 Å². The largest absolute Gasteiger partial charge is 0.416 e. The number of carbonyl (C=O) groups excluding carboxylic acids is 1. The summed E-state index contributed by atoms with van der Waals surface area (Å²) < 4.78 is 55.8. The van der Waals surface area contributed by atoms with Crippen LogP contribution in [0.3, 0.4) is 0 Å². The fourth-order valence-electron chi connectivity index (χ4n) is 6.70. The van der Waals surface area contributed by atoms with Gasteiger partial charge in [-0.2, -0.15) is 13.2 Å². The number of nitrogens with zero attached hydrogens (tertiary/aromatic N) is 5. The zero-order chi connectivity index (χ0) is 32.5. The number of aromatic nitrogens is 4. The van der Waals surface area contributed by atoms with E-state index in [1.807, 2.05) is 23.7 Å². The van der Waals surface area contributed by atoms with Crippen molar-refractivity contribution in [2.75, 3.05) is 43.7 Å². The average Bonchev–Trinajstić information content (AvgIpc) is 3.55. The maximum absolute atomic E-state index is 14.4. The second-order valence-corrected chi connectivity index (χ2v) is 13.1. The number of nitrogens with one attached hydrogen (secondary N) is 2. The summed E-state index contributed by atoms with van der Waals surface area (Å²) in [4.78, 5) is 20.1. The Kier molecular flexibility index (Phi) is 9.10. The van der Waals surface area contributed by atoms with Crippen molar-refractivity contribution < 1.29 is 27.4 Å². The Morgan fingerprint density at radius 1 is 1.04 bits per heavy atom. The molecule has 46 heavy (non-hydrogen) atoms. The Balaban J connectivity index is 1.32. The molecular weight excluding hydrogens is 599 g/mol. The van der Waals surface area contributed by atoms with E-state index in [1.165, 1.54) is 11.0 Å². The zero-order valence-corrected chi connectivity index (χ0v) is 26.7. The lowest BCUT2D eigenvalue weighted by atomic mass is 9.62. The van der Waals surface area contributed by atoms with E-state index in [9.17, 15) is 18.0 Å². The molecule has 2 fully saturated rings. The van der Waals surface area contributed by atoms with Gasteiger partial charge in [0.25, 0.3) is 5.91 Å². The number of pyridine rings is 1. The van der Waals surface area contributed by atoms with Gasteiger partial charge in [0.15, 0.2) is 0 Å². The summed E-state index contributed by atoms with van der Waals surface area (Å²) in [5, 5.41) is 15.1.